The van der Waals surface area contributed by atoms with Crippen molar-refractivity contribution in [2.75, 3.05) is 0 Å². The van der Waals surface area contributed by atoms with Crippen molar-refractivity contribution < 1.29 is 9.47 Å². The highest BCUT2D eigenvalue weighted by molar-refractivity contribution is 7.01. The average molecular weight is 819 g/mol. The lowest BCUT2D eigenvalue weighted by molar-refractivity contribution is 0.486. The fraction of sp³-hybridized carbons (Fsp3) is 0.133. The fourth-order valence-electron chi connectivity index (χ4n) is 12.9. The van der Waals surface area contributed by atoms with Gasteiger partial charge in [0.05, 0.1) is 0 Å². The van der Waals surface area contributed by atoms with E-state index in [2.05, 4.69) is 177 Å². The van der Waals surface area contributed by atoms with Gasteiger partial charge in [-0.2, -0.15) is 0 Å². The van der Waals surface area contributed by atoms with E-state index in [9.17, 15) is 0 Å². The molecule has 0 aromatic heterocycles. The molecule has 0 fully saturated rings. The van der Waals surface area contributed by atoms with E-state index in [1.165, 1.54) is 154 Å². The highest BCUT2D eigenvalue weighted by atomic mass is 16.5. The van der Waals surface area contributed by atoms with Crippen molar-refractivity contribution in [3.05, 3.63) is 166 Å². The van der Waals surface area contributed by atoms with Gasteiger partial charge < -0.3 is 9.47 Å². The first-order valence-corrected chi connectivity index (χ1v) is 22.9. The van der Waals surface area contributed by atoms with E-state index in [4.69, 9.17) is 9.47 Å². The first kappa shape index (κ1) is 36.5. The summed E-state index contributed by atoms with van der Waals surface area (Å²) in [6, 6.07) is 47.0. The first-order chi connectivity index (χ1) is 31.0. The molecule has 4 aliphatic heterocycles. The van der Waals surface area contributed by atoms with E-state index < -0.39 is 0 Å². The lowest BCUT2D eigenvalue weighted by Gasteiger charge is -2.38. The molecule has 4 heterocycles. The standard InChI is InChI=1S/C60H44B2O2/c1-29-15-17-45-49(21-29)63-51-23-31(3)19-43-39-25-38(54-35(7)13-10-14-36(54)8)42-28-48-56-40(44-20-32(4)24-52-60(44)62(48)46-18-16-30(2)22-50(46)64-52)26-37(53-33(5)11-9-12-34(53)6)41-27-47(61(45)59(43)51)55(39)57(42)58(41)56/h9-28H,1-8H3. The summed E-state index contributed by atoms with van der Waals surface area (Å²) < 4.78 is 13.9. The molecule has 0 N–H and O–H groups in total. The van der Waals surface area contributed by atoms with Crippen LogP contribution in [0.1, 0.15) is 44.5 Å². The molecule has 10 aromatic carbocycles. The van der Waals surface area contributed by atoms with Gasteiger partial charge in [0.25, 0.3) is 13.4 Å². The second kappa shape index (κ2) is 12.4. The van der Waals surface area contributed by atoms with E-state index in [0.29, 0.717) is 0 Å². The highest BCUT2D eigenvalue weighted by Crippen LogP contribution is 2.52. The van der Waals surface area contributed by atoms with Crippen molar-refractivity contribution in [2.45, 2.75) is 55.4 Å². The Kier molecular flexibility index (Phi) is 7.04. The second-order valence-corrected chi connectivity index (χ2v) is 19.6. The largest absolute Gasteiger partial charge is 0.458 e. The number of ether oxygens (including phenoxy) is 2. The normalized spacial score (nSPS) is 13.5. The zero-order valence-corrected chi connectivity index (χ0v) is 37.5. The summed E-state index contributed by atoms with van der Waals surface area (Å²) in [6.45, 7) is 18.0. The molecule has 0 radical (unpaired) electrons. The van der Waals surface area contributed by atoms with Crippen molar-refractivity contribution in [1.29, 1.82) is 0 Å². The number of fused-ring (bicyclic) bond motifs is 8. The lowest BCUT2D eigenvalue weighted by atomic mass is 9.31. The van der Waals surface area contributed by atoms with Crippen LogP contribution in [0.15, 0.2) is 121 Å². The maximum absolute atomic E-state index is 6.97. The highest BCUT2D eigenvalue weighted by Gasteiger charge is 2.44. The molecule has 10 aromatic rings. The monoisotopic (exact) mass is 818 g/mol. The Hall–Kier alpha value is -7.03. The predicted molar refractivity (Wildman–Crippen MR) is 272 cm³/mol. The van der Waals surface area contributed by atoms with Gasteiger partial charge >= 0.3 is 0 Å². The Morgan fingerprint density at radius 2 is 0.703 bits per heavy atom. The van der Waals surface area contributed by atoms with E-state index in [-0.39, 0.29) is 13.4 Å². The van der Waals surface area contributed by atoms with Crippen LogP contribution in [0.25, 0.3) is 76.8 Å². The quantitative estimate of drug-likeness (QED) is 0.128. The van der Waals surface area contributed by atoms with E-state index in [0.717, 1.165) is 23.0 Å². The Labute approximate surface area is 375 Å². The molecule has 4 heteroatoms. The second-order valence-electron chi connectivity index (χ2n) is 19.6. The van der Waals surface area contributed by atoms with Gasteiger partial charge in [0.15, 0.2) is 0 Å². The van der Waals surface area contributed by atoms with Crippen molar-refractivity contribution in [1.82, 2.24) is 0 Å². The molecule has 0 saturated heterocycles. The summed E-state index contributed by atoms with van der Waals surface area (Å²) in [5.74, 6) is 3.87. The van der Waals surface area contributed by atoms with Crippen LogP contribution in [0, 0.1) is 55.4 Å². The SMILES string of the molecule is Cc1ccc2c(c1)Oc1cc(C)cc3c1B2c1cc2c(-c4c(C)cccc4C)cc4c5c(cc6c(-c7c(C)cccc7C)cc-3c1c6c25)B1c2ccc(C)cc2Oc2cc(C)cc-4c21. The van der Waals surface area contributed by atoms with E-state index in [1.807, 2.05) is 0 Å². The molecule has 2 nitrogen and oxygen atoms in total. The molecule has 0 saturated carbocycles. The van der Waals surface area contributed by atoms with E-state index in [1.54, 1.807) is 0 Å². The number of rotatable bonds is 2. The molecule has 4 aliphatic rings. The molecule has 0 atom stereocenters. The Bertz CT molecular complexity index is 3540. The number of hydrogen-bond donors (Lipinski definition) is 0. The molecular formula is C60H44B2O2. The van der Waals surface area contributed by atoms with Gasteiger partial charge in [0.1, 0.15) is 23.0 Å². The maximum Gasteiger partial charge on any atom is 0.252 e. The summed E-state index contributed by atoms with van der Waals surface area (Å²) in [6.07, 6.45) is 0. The van der Waals surface area contributed by atoms with Crippen LogP contribution in [0.3, 0.4) is 0 Å². The van der Waals surface area contributed by atoms with Crippen molar-refractivity contribution in [3.63, 3.8) is 0 Å². The molecule has 0 aliphatic carbocycles. The lowest BCUT2D eigenvalue weighted by Crippen LogP contribution is -2.58. The summed E-state index contributed by atoms with van der Waals surface area (Å²) >= 11 is 0. The Morgan fingerprint density at radius 3 is 1.11 bits per heavy atom. The zero-order valence-electron chi connectivity index (χ0n) is 37.5. The number of aryl methyl sites for hydroxylation is 8. The van der Waals surface area contributed by atoms with Crippen molar-refractivity contribution in [3.8, 4) is 67.5 Å². The summed E-state index contributed by atoms with van der Waals surface area (Å²) in [7, 11) is 0. The third-order valence-electron chi connectivity index (χ3n) is 15.4. The van der Waals surface area contributed by atoms with Crippen molar-refractivity contribution in [2.24, 2.45) is 0 Å². The maximum atomic E-state index is 6.97. The van der Waals surface area contributed by atoms with Crippen LogP contribution < -0.4 is 42.3 Å². The van der Waals surface area contributed by atoms with Crippen LogP contribution in [0.2, 0.25) is 0 Å². The van der Waals surface area contributed by atoms with Crippen LogP contribution in [0.5, 0.6) is 23.0 Å². The minimum absolute atomic E-state index is 0.00881. The third-order valence-corrected chi connectivity index (χ3v) is 15.4. The smallest absolute Gasteiger partial charge is 0.252 e. The Balaban J connectivity index is 1.27. The van der Waals surface area contributed by atoms with Gasteiger partial charge in [-0.15, -0.1) is 0 Å². The zero-order chi connectivity index (χ0) is 43.2. The summed E-state index contributed by atoms with van der Waals surface area (Å²) in [5, 5.41) is 8.12. The van der Waals surface area contributed by atoms with Gasteiger partial charge in [-0.05, 0) is 235 Å². The predicted octanol–water partition coefficient (Wildman–Crippen LogP) is 11.6. The molecule has 64 heavy (non-hydrogen) atoms. The van der Waals surface area contributed by atoms with E-state index >= 15 is 0 Å². The van der Waals surface area contributed by atoms with Gasteiger partial charge in [-0.25, -0.2) is 0 Å². The molecular weight excluding hydrogens is 774 g/mol. The molecule has 302 valence electrons. The van der Waals surface area contributed by atoms with Crippen LogP contribution in [0.4, 0.5) is 0 Å². The van der Waals surface area contributed by atoms with Crippen LogP contribution in [-0.4, -0.2) is 13.4 Å². The van der Waals surface area contributed by atoms with Crippen molar-refractivity contribution >= 4 is 78.5 Å². The molecule has 14 rings (SSSR count). The number of hydrogen-bond acceptors (Lipinski definition) is 2. The van der Waals surface area contributed by atoms with Crippen LogP contribution >= 0.6 is 0 Å². The summed E-state index contributed by atoms with van der Waals surface area (Å²) in [5.41, 5.74) is 28.1. The van der Waals surface area contributed by atoms with Gasteiger partial charge in [-0.3, -0.25) is 0 Å². The molecule has 0 spiro atoms. The Morgan fingerprint density at radius 1 is 0.312 bits per heavy atom. The average Bonchev–Trinajstić information content (AvgIpc) is 3.25. The van der Waals surface area contributed by atoms with Crippen LogP contribution in [-0.2, 0) is 0 Å². The fourth-order valence-corrected chi connectivity index (χ4v) is 12.9. The minimum Gasteiger partial charge on any atom is -0.458 e. The molecule has 0 unspecified atom stereocenters. The first-order valence-electron chi connectivity index (χ1n) is 22.9. The third kappa shape index (κ3) is 4.58. The molecule has 0 amide bonds. The van der Waals surface area contributed by atoms with Gasteiger partial charge in [0.2, 0.25) is 0 Å². The topological polar surface area (TPSA) is 18.5 Å². The van der Waals surface area contributed by atoms with Gasteiger partial charge in [-0.1, -0.05) is 95.9 Å². The number of benzene rings is 10. The minimum atomic E-state index is 0.00881. The van der Waals surface area contributed by atoms with Gasteiger partial charge in [0, 0.05) is 0 Å². The summed E-state index contributed by atoms with van der Waals surface area (Å²) in [4.78, 5) is 0. The molecule has 0 bridgehead atoms.